The summed E-state index contributed by atoms with van der Waals surface area (Å²) in [6.45, 7) is 6.41. The van der Waals surface area contributed by atoms with Crippen molar-refractivity contribution in [2.45, 2.75) is 45.2 Å². The molecule has 2 atom stereocenters. The van der Waals surface area contributed by atoms with Crippen LogP contribution in [-0.2, 0) is 4.79 Å². The first-order valence-electron chi connectivity index (χ1n) is 5.74. The molecule has 2 aliphatic heterocycles. The molecule has 1 amide bonds. The van der Waals surface area contributed by atoms with Gasteiger partial charge in [0.15, 0.2) is 0 Å². The Hall–Kier alpha value is -0.570. The summed E-state index contributed by atoms with van der Waals surface area (Å²) in [7, 11) is 0. The van der Waals surface area contributed by atoms with Crippen LogP contribution in [0.2, 0.25) is 0 Å². The first kappa shape index (κ1) is 9.97. The van der Waals surface area contributed by atoms with E-state index in [0.717, 1.165) is 19.5 Å². The third kappa shape index (κ3) is 1.65. The van der Waals surface area contributed by atoms with Gasteiger partial charge in [-0.1, -0.05) is 13.8 Å². The van der Waals surface area contributed by atoms with Crippen molar-refractivity contribution < 1.29 is 4.79 Å². The number of carbonyl (C=O) groups is 1. The molecular weight excluding hydrogens is 176 g/mol. The van der Waals surface area contributed by atoms with E-state index in [2.05, 4.69) is 24.1 Å². The lowest BCUT2D eigenvalue weighted by Crippen LogP contribution is -2.56. The van der Waals surface area contributed by atoms with Gasteiger partial charge in [0, 0.05) is 12.6 Å². The second-order valence-electron chi connectivity index (χ2n) is 4.78. The minimum Gasteiger partial charge on any atom is -0.338 e. The van der Waals surface area contributed by atoms with Crippen LogP contribution in [0.15, 0.2) is 0 Å². The van der Waals surface area contributed by atoms with Crippen molar-refractivity contribution in [2.24, 2.45) is 5.92 Å². The fraction of sp³-hybridized carbons (Fsp3) is 0.909. The van der Waals surface area contributed by atoms with Crippen molar-refractivity contribution in [1.29, 1.82) is 0 Å². The van der Waals surface area contributed by atoms with Crippen LogP contribution in [-0.4, -0.2) is 36.0 Å². The Bertz CT molecular complexity index is 223. The van der Waals surface area contributed by atoms with Crippen LogP contribution in [0.1, 0.15) is 33.1 Å². The summed E-state index contributed by atoms with van der Waals surface area (Å²) in [6, 6.07) is 0.624. The SMILES string of the molecule is CC(C)C1CCCN1C(=O)C1CCN1. The van der Waals surface area contributed by atoms with Crippen molar-refractivity contribution >= 4 is 5.91 Å². The summed E-state index contributed by atoms with van der Waals surface area (Å²) in [6.07, 6.45) is 3.40. The highest BCUT2D eigenvalue weighted by Crippen LogP contribution is 2.25. The highest BCUT2D eigenvalue weighted by atomic mass is 16.2. The van der Waals surface area contributed by atoms with Gasteiger partial charge in [-0.2, -0.15) is 0 Å². The highest BCUT2D eigenvalue weighted by Gasteiger charge is 2.36. The summed E-state index contributed by atoms with van der Waals surface area (Å²) in [5, 5.41) is 3.19. The van der Waals surface area contributed by atoms with Gasteiger partial charge in [-0.15, -0.1) is 0 Å². The number of nitrogens with one attached hydrogen (secondary N) is 1. The van der Waals surface area contributed by atoms with Crippen LogP contribution in [0.25, 0.3) is 0 Å². The topological polar surface area (TPSA) is 32.3 Å². The Morgan fingerprint density at radius 1 is 1.43 bits per heavy atom. The predicted octanol–water partition coefficient (Wildman–Crippen LogP) is 0.995. The van der Waals surface area contributed by atoms with Gasteiger partial charge < -0.3 is 10.2 Å². The van der Waals surface area contributed by atoms with E-state index in [1.807, 2.05) is 0 Å². The third-order valence-electron chi connectivity index (χ3n) is 3.47. The molecule has 0 bridgehead atoms. The molecule has 2 aliphatic rings. The van der Waals surface area contributed by atoms with Gasteiger partial charge in [0.2, 0.25) is 5.91 Å². The Morgan fingerprint density at radius 2 is 2.14 bits per heavy atom. The Kier molecular flexibility index (Phi) is 2.77. The van der Waals surface area contributed by atoms with Gasteiger partial charge in [-0.25, -0.2) is 0 Å². The molecule has 3 nitrogen and oxygen atoms in total. The van der Waals surface area contributed by atoms with Gasteiger partial charge >= 0.3 is 0 Å². The summed E-state index contributed by atoms with van der Waals surface area (Å²) in [4.78, 5) is 14.1. The Morgan fingerprint density at radius 3 is 2.64 bits per heavy atom. The summed E-state index contributed by atoms with van der Waals surface area (Å²) in [5.41, 5.74) is 0. The van der Waals surface area contributed by atoms with Gasteiger partial charge in [-0.05, 0) is 31.7 Å². The monoisotopic (exact) mass is 196 g/mol. The zero-order valence-corrected chi connectivity index (χ0v) is 9.12. The Labute approximate surface area is 85.8 Å². The van der Waals surface area contributed by atoms with E-state index in [1.54, 1.807) is 0 Å². The zero-order chi connectivity index (χ0) is 10.1. The summed E-state index contributed by atoms with van der Waals surface area (Å²) in [5.74, 6) is 0.939. The molecule has 2 heterocycles. The van der Waals surface area contributed by atoms with Crippen molar-refractivity contribution in [3.63, 3.8) is 0 Å². The molecule has 3 heteroatoms. The Balaban J connectivity index is 1.97. The maximum atomic E-state index is 12.0. The molecule has 0 radical (unpaired) electrons. The molecule has 0 saturated carbocycles. The molecule has 2 saturated heterocycles. The maximum Gasteiger partial charge on any atom is 0.240 e. The largest absolute Gasteiger partial charge is 0.338 e. The lowest BCUT2D eigenvalue weighted by molar-refractivity contribution is -0.136. The van der Waals surface area contributed by atoms with E-state index in [4.69, 9.17) is 0 Å². The molecule has 1 N–H and O–H groups in total. The quantitative estimate of drug-likeness (QED) is 0.714. The number of hydrogen-bond donors (Lipinski definition) is 1. The minimum atomic E-state index is 0.134. The first-order valence-corrected chi connectivity index (χ1v) is 5.74. The van der Waals surface area contributed by atoms with E-state index >= 15 is 0 Å². The summed E-state index contributed by atoms with van der Waals surface area (Å²) < 4.78 is 0. The lowest BCUT2D eigenvalue weighted by Gasteiger charge is -2.35. The normalized spacial score (nSPS) is 32.1. The fourth-order valence-electron chi connectivity index (χ4n) is 2.46. The highest BCUT2D eigenvalue weighted by molar-refractivity contribution is 5.83. The molecule has 0 spiro atoms. The average Bonchev–Trinajstić information content (AvgIpc) is 2.47. The number of carbonyl (C=O) groups excluding carboxylic acids is 1. The van der Waals surface area contributed by atoms with Crippen LogP contribution in [0.4, 0.5) is 0 Å². The smallest absolute Gasteiger partial charge is 0.240 e. The molecule has 0 aromatic rings. The van der Waals surface area contributed by atoms with Crippen LogP contribution in [0.5, 0.6) is 0 Å². The van der Waals surface area contributed by atoms with Gasteiger partial charge in [0.25, 0.3) is 0 Å². The average molecular weight is 196 g/mol. The van der Waals surface area contributed by atoms with Crippen LogP contribution in [0, 0.1) is 5.92 Å². The van der Waals surface area contributed by atoms with E-state index < -0.39 is 0 Å². The molecule has 0 aromatic carbocycles. The van der Waals surface area contributed by atoms with Crippen LogP contribution >= 0.6 is 0 Å². The minimum absolute atomic E-state index is 0.134. The molecule has 80 valence electrons. The van der Waals surface area contributed by atoms with Crippen LogP contribution < -0.4 is 5.32 Å². The molecule has 2 unspecified atom stereocenters. The molecule has 0 aromatic heterocycles. The predicted molar refractivity (Wildman–Crippen MR) is 56.0 cm³/mol. The van der Waals surface area contributed by atoms with Gasteiger partial charge in [-0.3, -0.25) is 4.79 Å². The summed E-state index contributed by atoms with van der Waals surface area (Å²) >= 11 is 0. The number of nitrogens with zero attached hydrogens (tertiary/aromatic N) is 1. The van der Waals surface area contributed by atoms with E-state index in [9.17, 15) is 4.79 Å². The fourth-order valence-corrected chi connectivity index (χ4v) is 2.46. The molecule has 2 rings (SSSR count). The van der Waals surface area contributed by atoms with Gasteiger partial charge in [0.05, 0.1) is 6.04 Å². The van der Waals surface area contributed by atoms with Crippen molar-refractivity contribution in [3.8, 4) is 0 Å². The lowest BCUT2D eigenvalue weighted by atomic mass is 10.00. The number of hydrogen-bond acceptors (Lipinski definition) is 2. The van der Waals surface area contributed by atoms with Crippen molar-refractivity contribution in [3.05, 3.63) is 0 Å². The van der Waals surface area contributed by atoms with E-state index in [-0.39, 0.29) is 6.04 Å². The number of likely N-dealkylation sites (tertiary alicyclic amines) is 1. The van der Waals surface area contributed by atoms with Crippen molar-refractivity contribution in [1.82, 2.24) is 10.2 Å². The number of rotatable bonds is 2. The second kappa shape index (κ2) is 3.89. The number of amides is 1. The van der Waals surface area contributed by atoms with E-state index in [0.29, 0.717) is 17.9 Å². The molecule has 2 fully saturated rings. The molecule has 0 aliphatic carbocycles. The van der Waals surface area contributed by atoms with Gasteiger partial charge in [0.1, 0.15) is 0 Å². The second-order valence-corrected chi connectivity index (χ2v) is 4.78. The van der Waals surface area contributed by atoms with Crippen LogP contribution in [0.3, 0.4) is 0 Å². The molecule has 14 heavy (non-hydrogen) atoms. The van der Waals surface area contributed by atoms with Crippen molar-refractivity contribution in [2.75, 3.05) is 13.1 Å². The first-order chi connectivity index (χ1) is 6.70. The third-order valence-corrected chi connectivity index (χ3v) is 3.47. The zero-order valence-electron chi connectivity index (χ0n) is 9.12. The standard InChI is InChI=1S/C11H20N2O/c1-8(2)10-4-3-7-13(10)11(14)9-5-6-12-9/h8-10,12H,3-7H2,1-2H3. The van der Waals surface area contributed by atoms with E-state index in [1.165, 1.54) is 12.8 Å². The maximum absolute atomic E-state index is 12.0. The molecular formula is C11H20N2O.